The number of nitrogens with zero attached hydrogens (tertiary/aromatic N) is 2. The third-order valence-electron chi connectivity index (χ3n) is 3.77. The van der Waals surface area contributed by atoms with Crippen molar-refractivity contribution in [2.75, 3.05) is 18.6 Å². The summed E-state index contributed by atoms with van der Waals surface area (Å²) in [6.45, 7) is 0.367. The summed E-state index contributed by atoms with van der Waals surface area (Å²) >= 11 is 1.46. The Kier molecular flexibility index (Phi) is 6.25. The van der Waals surface area contributed by atoms with Crippen LogP contribution in [0.2, 0.25) is 0 Å². The fourth-order valence-corrected chi connectivity index (χ4v) is 3.67. The summed E-state index contributed by atoms with van der Waals surface area (Å²) < 4.78 is 38.3. The monoisotopic (exact) mass is 406 g/mol. The lowest BCUT2D eigenvalue weighted by molar-refractivity contribution is 0.588. The van der Waals surface area contributed by atoms with Gasteiger partial charge in [0.1, 0.15) is 11.5 Å². The van der Waals surface area contributed by atoms with Crippen LogP contribution in [0.1, 0.15) is 11.1 Å². The van der Waals surface area contributed by atoms with E-state index < -0.39 is 10.0 Å². The van der Waals surface area contributed by atoms with E-state index in [9.17, 15) is 12.8 Å². The van der Waals surface area contributed by atoms with Gasteiger partial charge < -0.3 is 0 Å². The van der Waals surface area contributed by atoms with E-state index in [0.717, 1.165) is 23.1 Å². The second-order valence-electron chi connectivity index (χ2n) is 5.94. The molecule has 2 aromatic rings. The first-order valence-electron chi connectivity index (χ1n) is 8.23. The quantitative estimate of drug-likeness (QED) is 0.773. The zero-order valence-corrected chi connectivity index (χ0v) is 16.3. The van der Waals surface area contributed by atoms with Gasteiger partial charge in [0, 0.05) is 12.3 Å². The number of hydrazone groups is 1. The number of halogens is 1. The van der Waals surface area contributed by atoms with Gasteiger partial charge in [0.15, 0.2) is 5.17 Å². The fraction of sp³-hybridized carbons (Fsp3) is 0.222. The van der Waals surface area contributed by atoms with Gasteiger partial charge in [-0.2, -0.15) is 5.10 Å². The molecular weight excluding hydrogens is 387 g/mol. The van der Waals surface area contributed by atoms with Crippen LogP contribution in [0, 0.1) is 5.82 Å². The van der Waals surface area contributed by atoms with Gasteiger partial charge in [0.05, 0.1) is 12.0 Å². The number of aliphatic imine (C=N–C) groups is 1. The van der Waals surface area contributed by atoms with Crippen molar-refractivity contribution >= 4 is 38.4 Å². The molecule has 2 N–H and O–H groups in total. The summed E-state index contributed by atoms with van der Waals surface area (Å²) in [7, 11) is -3.17. The summed E-state index contributed by atoms with van der Waals surface area (Å²) in [5, 5.41) is 4.88. The van der Waals surface area contributed by atoms with Gasteiger partial charge in [-0.25, -0.2) is 22.5 Å². The van der Waals surface area contributed by atoms with E-state index in [-0.39, 0.29) is 11.5 Å². The third-order valence-corrected chi connectivity index (χ3v) is 5.37. The molecule has 0 aliphatic carbocycles. The SMILES string of the molecule is CS(=O)(=O)NCCc1ccc(C2=NNC(=Nc3ccccc3F)SC2)cc1. The average molecular weight is 407 g/mol. The lowest BCUT2D eigenvalue weighted by Crippen LogP contribution is -2.25. The van der Waals surface area contributed by atoms with E-state index in [1.807, 2.05) is 24.3 Å². The van der Waals surface area contributed by atoms with Crippen LogP contribution >= 0.6 is 11.8 Å². The molecule has 9 heteroatoms. The second-order valence-corrected chi connectivity index (χ2v) is 8.74. The Morgan fingerprint density at radius 1 is 1.22 bits per heavy atom. The molecule has 0 amide bonds. The number of hydrogen-bond acceptors (Lipinski definition) is 5. The normalized spacial score (nSPS) is 16.1. The molecule has 27 heavy (non-hydrogen) atoms. The maximum atomic E-state index is 13.7. The highest BCUT2D eigenvalue weighted by atomic mass is 32.2. The first-order valence-corrected chi connectivity index (χ1v) is 11.1. The first-order chi connectivity index (χ1) is 12.9. The van der Waals surface area contributed by atoms with Crippen LogP contribution in [0.4, 0.5) is 10.1 Å². The van der Waals surface area contributed by atoms with E-state index in [2.05, 4.69) is 20.2 Å². The van der Waals surface area contributed by atoms with E-state index in [1.54, 1.807) is 18.2 Å². The molecule has 0 spiro atoms. The number of nitrogens with one attached hydrogen (secondary N) is 2. The molecule has 0 unspecified atom stereocenters. The van der Waals surface area contributed by atoms with E-state index >= 15 is 0 Å². The average Bonchev–Trinajstić information content (AvgIpc) is 2.64. The highest BCUT2D eigenvalue weighted by molar-refractivity contribution is 8.14. The van der Waals surface area contributed by atoms with Crippen molar-refractivity contribution in [1.82, 2.24) is 10.1 Å². The summed E-state index contributed by atoms with van der Waals surface area (Å²) in [5.74, 6) is 0.248. The summed E-state index contributed by atoms with van der Waals surface area (Å²) in [5.41, 5.74) is 6.02. The van der Waals surface area contributed by atoms with Crippen molar-refractivity contribution in [3.8, 4) is 0 Å². The van der Waals surface area contributed by atoms with Crippen molar-refractivity contribution in [1.29, 1.82) is 0 Å². The van der Waals surface area contributed by atoms with Gasteiger partial charge in [0.25, 0.3) is 0 Å². The number of rotatable bonds is 6. The van der Waals surface area contributed by atoms with Crippen LogP contribution < -0.4 is 10.1 Å². The Bertz CT molecular complexity index is 973. The van der Waals surface area contributed by atoms with Crippen LogP contribution in [-0.4, -0.2) is 37.9 Å². The van der Waals surface area contributed by atoms with Crippen LogP contribution in [0.25, 0.3) is 0 Å². The minimum absolute atomic E-state index is 0.276. The second kappa shape index (κ2) is 8.64. The Balaban J connectivity index is 1.61. The lowest BCUT2D eigenvalue weighted by atomic mass is 10.1. The van der Waals surface area contributed by atoms with Crippen LogP contribution in [0.3, 0.4) is 0 Å². The standard InChI is InChI=1S/C18H19FN4O2S2/c1-27(24,25)20-11-10-13-6-8-14(9-7-13)17-12-26-18(23-22-17)21-16-5-3-2-4-15(16)19/h2-9,20H,10-12H2,1H3,(H,21,23). The zero-order chi connectivity index (χ0) is 19.3. The Morgan fingerprint density at radius 3 is 2.59 bits per heavy atom. The predicted molar refractivity (Wildman–Crippen MR) is 109 cm³/mol. The summed E-state index contributed by atoms with van der Waals surface area (Å²) in [6, 6.07) is 14.2. The molecule has 0 aromatic heterocycles. The number of amidine groups is 1. The molecule has 0 fully saturated rings. The smallest absolute Gasteiger partial charge is 0.208 e. The molecule has 0 radical (unpaired) electrons. The fourth-order valence-electron chi connectivity index (χ4n) is 2.42. The molecule has 142 valence electrons. The molecule has 0 saturated carbocycles. The molecule has 1 aliphatic rings. The van der Waals surface area contributed by atoms with Gasteiger partial charge in [-0.05, 0) is 29.7 Å². The highest BCUT2D eigenvalue weighted by Gasteiger charge is 2.14. The van der Waals surface area contributed by atoms with Gasteiger partial charge in [-0.3, -0.25) is 5.43 Å². The molecule has 3 rings (SSSR count). The maximum absolute atomic E-state index is 13.7. The lowest BCUT2D eigenvalue weighted by Gasteiger charge is -2.15. The Hall–Kier alpha value is -2.23. The molecule has 0 saturated heterocycles. The van der Waals surface area contributed by atoms with E-state index in [1.165, 1.54) is 17.8 Å². The largest absolute Gasteiger partial charge is 0.255 e. The number of sulfonamides is 1. The number of hydrogen-bond donors (Lipinski definition) is 2. The molecule has 0 bridgehead atoms. The minimum Gasteiger partial charge on any atom is -0.255 e. The molecular formula is C18H19FN4O2S2. The molecule has 6 nitrogen and oxygen atoms in total. The zero-order valence-electron chi connectivity index (χ0n) is 14.6. The van der Waals surface area contributed by atoms with Crippen molar-refractivity contribution in [2.45, 2.75) is 6.42 Å². The van der Waals surface area contributed by atoms with Crippen LogP contribution in [0.5, 0.6) is 0 Å². The first kappa shape index (κ1) is 19.5. The van der Waals surface area contributed by atoms with Gasteiger partial charge >= 0.3 is 0 Å². The Morgan fingerprint density at radius 2 is 1.96 bits per heavy atom. The van der Waals surface area contributed by atoms with Gasteiger partial charge in [-0.15, -0.1) is 0 Å². The van der Waals surface area contributed by atoms with Crippen molar-refractivity contribution in [2.24, 2.45) is 10.1 Å². The summed E-state index contributed by atoms with van der Waals surface area (Å²) in [6.07, 6.45) is 1.76. The Labute approximate surface area is 162 Å². The molecule has 1 heterocycles. The number of benzene rings is 2. The number of thioether (sulfide) groups is 1. The van der Waals surface area contributed by atoms with E-state index in [4.69, 9.17) is 0 Å². The van der Waals surface area contributed by atoms with Crippen molar-refractivity contribution in [3.05, 3.63) is 65.5 Å². The van der Waals surface area contributed by atoms with Crippen molar-refractivity contribution < 1.29 is 12.8 Å². The highest BCUT2D eigenvalue weighted by Crippen LogP contribution is 2.21. The molecule has 2 aromatic carbocycles. The van der Waals surface area contributed by atoms with E-state index in [0.29, 0.717) is 23.9 Å². The van der Waals surface area contributed by atoms with Crippen LogP contribution in [0.15, 0.2) is 58.6 Å². The number of para-hydroxylation sites is 1. The van der Waals surface area contributed by atoms with Gasteiger partial charge in [-0.1, -0.05) is 48.2 Å². The summed E-state index contributed by atoms with van der Waals surface area (Å²) in [4.78, 5) is 4.24. The molecule has 1 aliphatic heterocycles. The topological polar surface area (TPSA) is 82.9 Å². The predicted octanol–water partition coefficient (Wildman–Crippen LogP) is 2.65. The van der Waals surface area contributed by atoms with Gasteiger partial charge in [0.2, 0.25) is 10.0 Å². The van der Waals surface area contributed by atoms with Crippen LogP contribution in [-0.2, 0) is 16.4 Å². The third kappa shape index (κ3) is 5.88. The van der Waals surface area contributed by atoms with Crippen molar-refractivity contribution in [3.63, 3.8) is 0 Å². The minimum atomic E-state index is -3.17. The maximum Gasteiger partial charge on any atom is 0.208 e. The molecule has 0 atom stereocenters.